The van der Waals surface area contributed by atoms with Crippen molar-refractivity contribution >= 4 is 5.97 Å². The van der Waals surface area contributed by atoms with Gasteiger partial charge in [0.25, 0.3) is 0 Å². The molecular weight excluding hydrogens is 170 g/mol. The van der Waals surface area contributed by atoms with Crippen LogP contribution in [0.25, 0.3) is 0 Å². The van der Waals surface area contributed by atoms with E-state index in [2.05, 4.69) is 4.90 Å². The Kier molecular flexibility index (Phi) is 2.51. The van der Waals surface area contributed by atoms with Gasteiger partial charge in [-0.25, -0.2) is 0 Å². The van der Waals surface area contributed by atoms with Gasteiger partial charge in [-0.05, 0) is 13.3 Å². The maximum atomic E-state index is 11.2. The molecule has 0 aromatic rings. The first-order valence-electron chi connectivity index (χ1n) is 4.80. The van der Waals surface area contributed by atoms with E-state index in [1.807, 2.05) is 6.92 Å². The van der Waals surface area contributed by atoms with Gasteiger partial charge in [-0.3, -0.25) is 9.69 Å². The Hall–Kier alpha value is -0.610. The van der Waals surface area contributed by atoms with Crippen LogP contribution in [0.1, 0.15) is 13.3 Å². The fraction of sp³-hybridized carbons (Fsp3) is 0.889. The second kappa shape index (κ2) is 3.64. The van der Waals surface area contributed by atoms with E-state index < -0.39 is 0 Å². The summed E-state index contributed by atoms with van der Waals surface area (Å²) >= 11 is 0. The molecule has 0 N–H and O–H groups in total. The highest BCUT2D eigenvalue weighted by Gasteiger charge is 2.43. The Bertz CT molecular complexity index is 193. The standard InChI is InChI=1S/C9H15NO3/c1-2-13-9(11)4-10-7-3-8(10)6-12-5-7/h7-8H,2-6H2,1H3. The van der Waals surface area contributed by atoms with Gasteiger partial charge < -0.3 is 9.47 Å². The maximum Gasteiger partial charge on any atom is 0.320 e. The third-order valence-electron chi connectivity index (χ3n) is 2.72. The minimum absolute atomic E-state index is 0.112. The van der Waals surface area contributed by atoms with Crippen LogP contribution in [0.4, 0.5) is 0 Å². The van der Waals surface area contributed by atoms with E-state index in [4.69, 9.17) is 9.47 Å². The molecule has 3 heterocycles. The summed E-state index contributed by atoms with van der Waals surface area (Å²) in [6.07, 6.45) is 1.18. The molecule has 2 atom stereocenters. The molecule has 0 aliphatic carbocycles. The van der Waals surface area contributed by atoms with Gasteiger partial charge >= 0.3 is 5.97 Å². The van der Waals surface area contributed by atoms with Crippen molar-refractivity contribution in [1.82, 2.24) is 4.90 Å². The third kappa shape index (κ3) is 1.69. The molecular formula is C9H15NO3. The molecule has 3 aliphatic rings. The lowest BCUT2D eigenvalue weighted by atomic mass is 9.91. The number of esters is 1. The second-order valence-corrected chi connectivity index (χ2v) is 3.56. The molecule has 2 bridgehead atoms. The van der Waals surface area contributed by atoms with Crippen molar-refractivity contribution in [2.24, 2.45) is 0 Å². The van der Waals surface area contributed by atoms with Crippen LogP contribution in [-0.2, 0) is 14.3 Å². The number of morpholine rings is 1. The van der Waals surface area contributed by atoms with Gasteiger partial charge in [-0.2, -0.15) is 0 Å². The average molecular weight is 185 g/mol. The molecule has 0 amide bonds. The molecule has 4 heteroatoms. The number of carbonyl (C=O) groups is 1. The second-order valence-electron chi connectivity index (χ2n) is 3.56. The predicted octanol–water partition coefficient (Wildman–Crippen LogP) is 0.0226. The van der Waals surface area contributed by atoms with Gasteiger partial charge in [-0.1, -0.05) is 0 Å². The Morgan fingerprint density at radius 3 is 2.77 bits per heavy atom. The zero-order chi connectivity index (χ0) is 9.26. The highest BCUT2D eigenvalue weighted by atomic mass is 16.5. The first kappa shape index (κ1) is 8.97. The zero-order valence-corrected chi connectivity index (χ0v) is 7.86. The molecule has 4 nitrogen and oxygen atoms in total. The van der Waals surface area contributed by atoms with Crippen molar-refractivity contribution < 1.29 is 14.3 Å². The van der Waals surface area contributed by atoms with Gasteiger partial charge in [0.15, 0.2) is 0 Å². The summed E-state index contributed by atoms with van der Waals surface area (Å²) in [4.78, 5) is 13.4. The molecule has 74 valence electrons. The van der Waals surface area contributed by atoms with Crippen LogP contribution < -0.4 is 0 Å². The molecule has 2 unspecified atom stereocenters. The molecule has 0 radical (unpaired) electrons. The fourth-order valence-corrected chi connectivity index (χ4v) is 2.03. The minimum atomic E-state index is -0.112. The molecule has 3 saturated heterocycles. The average Bonchev–Trinajstić information content (AvgIpc) is 2.16. The van der Waals surface area contributed by atoms with Crippen LogP contribution in [0.3, 0.4) is 0 Å². The SMILES string of the molecule is CCOC(=O)CN1C2COCC1C2. The quantitative estimate of drug-likeness (QED) is 0.581. The summed E-state index contributed by atoms with van der Waals surface area (Å²) in [6.45, 7) is 4.29. The van der Waals surface area contributed by atoms with Crippen molar-refractivity contribution in [3.63, 3.8) is 0 Å². The molecule has 0 aromatic heterocycles. The van der Waals surface area contributed by atoms with Gasteiger partial charge in [0.1, 0.15) is 0 Å². The number of rotatable bonds is 3. The maximum absolute atomic E-state index is 11.2. The van der Waals surface area contributed by atoms with Gasteiger partial charge in [-0.15, -0.1) is 0 Å². The van der Waals surface area contributed by atoms with E-state index in [0.717, 1.165) is 13.2 Å². The number of carbonyl (C=O) groups excluding carboxylic acids is 1. The summed E-state index contributed by atoms with van der Waals surface area (Å²) in [5.41, 5.74) is 0. The Morgan fingerprint density at radius 2 is 2.23 bits per heavy atom. The highest BCUT2D eigenvalue weighted by molar-refractivity contribution is 5.71. The lowest BCUT2D eigenvalue weighted by Crippen LogP contribution is -2.64. The summed E-state index contributed by atoms with van der Waals surface area (Å²) in [7, 11) is 0. The Balaban J connectivity index is 1.79. The topological polar surface area (TPSA) is 38.8 Å². The Morgan fingerprint density at radius 1 is 1.54 bits per heavy atom. The van der Waals surface area contributed by atoms with E-state index >= 15 is 0 Å². The van der Waals surface area contributed by atoms with Crippen LogP contribution in [0.5, 0.6) is 0 Å². The molecule has 13 heavy (non-hydrogen) atoms. The smallest absolute Gasteiger partial charge is 0.320 e. The first-order chi connectivity index (χ1) is 6.31. The first-order valence-corrected chi connectivity index (χ1v) is 4.80. The lowest BCUT2D eigenvalue weighted by molar-refractivity contribution is -0.161. The van der Waals surface area contributed by atoms with Gasteiger partial charge in [0.2, 0.25) is 0 Å². The van der Waals surface area contributed by atoms with Crippen LogP contribution in [-0.4, -0.2) is 49.3 Å². The van der Waals surface area contributed by atoms with Crippen LogP contribution in [0.15, 0.2) is 0 Å². The van der Waals surface area contributed by atoms with E-state index in [1.54, 1.807) is 0 Å². The summed E-state index contributed by atoms with van der Waals surface area (Å²) in [6, 6.07) is 0.923. The van der Waals surface area contributed by atoms with Crippen LogP contribution >= 0.6 is 0 Å². The summed E-state index contributed by atoms with van der Waals surface area (Å²) in [5, 5.41) is 0. The summed E-state index contributed by atoms with van der Waals surface area (Å²) < 4.78 is 10.2. The molecule has 0 spiro atoms. The van der Waals surface area contributed by atoms with Crippen LogP contribution in [0.2, 0.25) is 0 Å². The predicted molar refractivity (Wildman–Crippen MR) is 46.4 cm³/mol. The van der Waals surface area contributed by atoms with Crippen molar-refractivity contribution in [2.45, 2.75) is 25.4 Å². The normalized spacial score (nSPS) is 32.4. The van der Waals surface area contributed by atoms with Crippen molar-refractivity contribution in [3.05, 3.63) is 0 Å². The summed E-state index contributed by atoms with van der Waals surface area (Å²) in [5.74, 6) is -0.112. The zero-order valence-electron chi connectivity index (χ0n) is 7.86. The third-order valence-corrected chi connectivity index (χ3v) is 2.72. The van der Waals surface area contributed by atoms with E-state index in [9.17, 15) is 4.79 Å². The minimum Gasteiger partial charge on any atom is -0.465 e. The molecule has 3 aliphatic heterocycles. The molecule has 0 aromatic carbocycles. The Labute approximate surface area is 77.8 Å². The van der Waals surface area contributed by atoms with E-state index in [-0.39, 0.29) is 5.97 Å². The monoisotopic (exact) mass is 185 g/mol. The van der Waals surface area contributed by atoms with E-state index in [0.29, 0.717) is 25.2 Å². The van der Waals surface area contributed by atoms with Crippen LogP contribution in [0, 0.1) is 0 Å². The number of ether oxygens (including phenoxy) is 2. The number of hydrogen-bond donors (Lipinski definition) is 0. The van der Waals surface area contributed by atoms with Crippen molar-refractivity contribution in [2.75, 3.05) is 26.4 Å². The largest absolute Gasteiger partial charge is 0.465 e. The number of nitrogens with zero attached hydrogens (tertiary/aromatic N) is 1. The fourth-order valence-electron chi connectivity index (χ4n) is 2.03. The highest BCUT2D eigenvalue weighted by Crippen LogP contribution is 2.30. The lowest BCUT2D eigenvalue weighted by Gasteiger charge is -2.51. The van der Waals surface area contributed by atoms with Gasteiger partial charge in [0, 0.05) is 12.1 Å². The van der Waals surface area contributed by atoms with Gasteiger partial charge in [0.05, 0.1) is 26.4 Å². The molecule has 3 rings (SSSR count). The number of hydrogen-bond acceptors (Lipinski definition) is 4. The van der Waals surface area contributed by atoms with Crippen molar-refractivity contribution in [1.29, 1.82) is 0 Å². The van der Waals surface area contributed by atoms with E-state index in [1.165, 1.54) is 6.42 Å². The van der Waals surface area contributed by atoms with Crippen molar-refractivity contribution in [3.8, 4) is 0 Å². The molecule has 3 fully saturated rings. The molecule has 0 saturated carbocycles. The number of fused-ring (bicyclic) bond motifs is 2.